The van der Waals surface area contributed by atoms with Crippen LogP contribution in [-0.2, 0) is 11.2 Å². The van der Waals surface area contributed by atoms with Crippen molar-refractivity contribution in [3.63, 3.8) is 0 Å². The number of para-hydroxylation sites is 1. The van der Waals surface area contributed by atoms with E-state index < -0.39 is 0 Å². The summed E-state index contributed by atoms with van der Waals surface area (Å²) in [5.41, 5.74) is 2.84. The van der Waals surface area contributed by atoms with Gasteiger partial charge in [-0.1, -0.05) is 34.9 Å². The van der Waals surface area contributed by atoms with Crippen LogP contribution in [-0.4, -0.2) is 39.7 Å². The highest BCUT2D eigenvalue weighted by atomic mass is 32.1. The summed E-state index contributed by atoms with van der Waals surface area (Å²) in [6.45, 7) is 5.20. The molecule has 0 radical (unpaired) electrons. The number of benzene rings is 1. The van der Waals surface area contributed by atoms with E-state index in [1.165, 1.54) is 5.56 Å². The van der Waals surface area contributed by atoms with E-state index in [1.54, 1.807) is 16.2 Å². The number of thiazole rings is 1. The molecule has 0 N–H and O–H groups in total. The summed E-state index contributed by atoms with van der Waals surface area (Å²) in [4.78, 5) is 20.4. The summed E-state index contributed by atoms with van der Waals surface area (Å²) in [6.07, 6.45) is 2.97. The number of anilines is 1. The second kappa shape index (κ2) is 7.38. The maximum atomic E-state index is 13.2. The first-order valence-electron chi connectivity index (χ1n) is 8.78. The lowest BCUT2D eigenvalue weighted by Gasteiger charge is -2.22. The Morgan fingerprint density at radius 3 is 3.00 bits per heavy atom. The minimum atomic E-state index is -0.0925. The van der Waals surface area contributed by atoms with Crippen LogP contribution in [0, 0.1) is 6.92 Å². The van der Waals surface area contributed by atoms with Crippen molar-refractivity contribution < 1.29 is 9.53 Å². The van der Waals surface area contributed by atoms with Crippen LogP contribution in [0.2, 0.25) is 0 Å². The van der Waals surface area contributed by atoms with E-state index in [4.69, 9.17) is 9.72 Å². The van der Waals surface area contributed by atoms with Crippen molar-refractivity contribution in [1.82, 2.24) is 14.6 Å². The van der Waals surface area contributed by atoms with Crippen molar-refractivity contribution in [2.24, 2.45) is 0 Å². The highest BCUT2D eigenvalue weighted by molar-refractivity contribution is 7.22. The van der Waals surface area contributed by atoms with Crippen LogP contribution < -0.4 is 4.90 Å². The van der Waals surface area contributed by atoms with Gasteiger partial charge < -0.3 is 4.74 Å². The number of carbonyl (C=O) groups is 1. The molecule has 26 heavy (non-hydrogen) atoms. The average Bonchev–Trinajstić information content (AvgIpc) is 3.38. The van der Waals surface area contributed by atoms with E-state index in [9.17, 15) is 4.79 Å². The fraction of sp³-hybridized carbons (Fsp3) is 0.444. The van der Waals surface area contributed by atoms with Gasteiger partial charge in [0.2, 0.25) is 0 Å². The predicted molar refractivity (Wildman–Crippen MR) is 104 cm³/mol. The Bertz CT molecular complexity index is 930. The van der Waals surface area contributed by atoms with Gasteiger partial charge in [-0.15, -0.1) is 5.10 Å². The molecule has 3 aromatic rings. The topological polar surface area (TPSA) is 68.2 Å². The summed E-state index contributed by atoms with van der Waals surface area (Å²) in [6, 6.07) is 6.20. The van der Waals surface area contributed by atoms with Crippen LogP contribution in [0.1, 0.15) is 40.7 Å². The van der Waals surface area contributed by atoms with E-state index in [0.29, 0.717) is 22.2 Å². The molecule has 1 aliphatic rings. The normalized spacial score (nSPS) is 17.1. The van der Waals surface area contributed by atoms with Gasteiger partial charge in [0, 0.05) is 6.61 Å². The van der Waals surface area contributed by atoms with Crippen molar-refractivity contribution in [1.29, 1.82) is 0 Å². The van der Waals surface area contributed by atoms with Gasteiger partial charge in [0.1, 0.15) is 4.88 Å². The predicted octanol–water partition coefficient (Wildman–Crippen LogP) is 3.84. The van der Waals surface area contributed by atoms with Gasteiger partial charge in [0.15, 0.2) is 5.13 Å². The second-order valence-corrected chi connectivity index (χ2v) is 8.12. The second-order valence-electron chi connectivity index (χ2n) is 6.35. The molecule has 1 atom stereocenters. The van der Waals surface area contributed by atoms with Crippen LogP contribution in [0.3, 0.4) is 0 Å². The number of aromatic nitrogens is 3. The molecule has 1 aliphatic heterocycles. The third kappa shape index (κ3) is 3.24. The van der Waals surface area contributed by atoms with Gasteiger partial charge in [0.25, 0.3) is 5.91 Å². The Labute approximate surface area is 160 Å². The van der Waals surface area contributed by atoms with Gasteiger partial charge in [-0.05, 0) is 49.3 Å². The minimum Gasteiger partial charge on any atom is -0.376 e. The highest BCUT2D eigenvalue weighted by Crippen LogP contribution is 2.33. The lowest BCUT2D eigenvalue weighted by molar-refractivity contribution is 0.0920. The molecule has 0 aliphatic carbocycles. The Kier molecular flexibility index (Phi) is 4.97. The summed E-state index contributed by atoms with van der Waals surface area (Å²) >= 11 is 2.69. The third-order valence-corrected chi connectivity index (χ3v) is 6.46. The van der Waals surface area contributed by atoms with E-state index in [1.807, 2.05) is 13.0 Å². The van der Waals surface area contributed by atoms with Gasteiger partial charge in [-0.2, -0.15) is 0 Å². The molecule has 0 bridgehead atoms. The van der Waals surface area contributed by atoms with Crippen molar-refractivity contribution in [2.75, 3.05) is 18.1 Å². The molecule has 1 fully saturated rings. The SMILES string of the molecule is CCc1cccc2sc(N(CC3CCCO3)C(=O)c3snnc3C)nc12. The first kappa shape index (κ1) is 17.5. The third-order valence-electron chi connectivity index (χ3n) is 4.60. The number of fused-ring (bicyclic) bond motifs is 1. The zero-order valence-corrected chi connectivity index (χ0v) is 16.4. The van der Waals surface area contributed by atoms with E-state index in [0.717, 1.165) is 47.6 Å². The standard InChI is InChI=1S/C18H20N4O2S2/c1-3-12-6-4-8-14-15(12)19-18(25-14)22(10-13-7-5-9-24-13)17(23)16-11(2)20-21-26-16/h4,6,8,13H,3,5,7,9-10H2,1-2H3. The molecule has 4 rings (SSSR count). The maximum Gasteiger partial charge on any atom is 0.273 e. The van der Waals surface area contributed by atoms with Crippen molar-refractivity contribution in [2.45, 2.75) is 39.2 Å². The van der Waals surface area contributed by atoms with Crippen molar-refractivity contribution >= 4 is 44.1 Å². The number of aryl methyl sites for hydroxylation is 2. The van der Waals surface area contributed by atoms with Crippen LogP contribution >= 0.6 is 22.9 Å². The van der Waals surface area contributed by atoms with Gasteiger partial charge >= 0.3 is 0 Å². The highest BCUT2D eigenvalue weighted by Gasteiger charge is 2.29. The fourth-order valence-corrected chi connectivity index (χ4v) is 4.81. The molecule has 6 nitrogen and oxygen atoms in total. The van der Waals surface area contributed by atoms with Crippen molar-refractivity contribution in [3.8, 4) is 0 Å². The zero-order chi connectivity index (χ0) is 18.1. The first-order valence-corrected chi connectivity index (χ1v) is 10.4. The van der Waals surface area contributed by atoms with Crippen molar-refractivity contribution in [3.05, 3.63) is 34.3 Å². The largest absolute Gasteiger partial charge is 0.376 e. The summed E-state index contributed by atoms with van der Waals surface area (Å²) in [5, 5.41) is 4.71. The Morgan fingerprint density at radius 2 is 2.31 bits per heavy atom. The van der Waals surface area contributed by atoms with Gasteiger partial charge in [0.05, 0.1) is 28.6 Å². The lowest BCUT2D eigenvalue weighted by atomic mass is 10.1. The molecular weight excluding hydrogens is 368 g/mol. The summed E-state index contributed by atoms with van der Waals surface area (Å²) in [7, 11) is 0. The number of rotatable bonds is 5. The summed E-state index contributed by atoms with van der Waals surface area (Å²) in [5.74, 6) is -0.0925. The molecule has 1 unspecified atom stereocenters. The fourth-order valence-electron chi connectivity index (χ4n) is 3.18. The Hall–Kier alpha value is -1.90. The molecule has 1 amide bonds. The number of carbonyl (C=O) groups excluding carboxylic acids is 1. The molecule has 8 heteroatoms. The number of hydrogen-bond donors (Lipinski definition) is 0. The Balaban J connectivity index is 1.74. The number of ether oxygens (including phenoxy) is 1. The molecule has 1 aromatic carbocycles. The minimum absolute atomic E-state index is 0.0535. The van der Waals surface area contributed by atoms with Gasteiger partial charge in [-0.25, -0.2) is 4.98 Å². The first-order chi connectivity index (χ1) is 12.7. The maximum absolute atomic E-state index is 13.2. The number of nitrogens with zero attached hydrogens (tertiary/aromatic N) is 4. The summed E-state index contributed by atoms with van der Waals surface area (Å²) < 4.78 is 10.8. The number of hydrogen-bond acceptors (Lipinski definition) is 7. The quantitative estimate of drug-likeness (QED) is 0.664. The average molecular weight is 389 g/mol. The monoisotopic (exact) mass is 388 g/mol. The van der Waals surface area contributed by atoms with Crippen LogP contribution in [0.15, 0.2) is 18.2 Å². The van der Waals surface area contributed by atoms with Crippen LogP contribution in [0.25, 0.3) is 10.2 Å². The van der Waals surface area contributed by atoms with E-state index in [-0.39, 0.29) is 12.0 Å². The number of amides is 1. The van der Waals surface area contributed by atoms with E-state index >= 15 is 0 Å². The molecular formula is C18H20N4O2S2. The van der Waals surface area contributed by atoms with Crippen LogP contribution in [0.4, 0.5) is 5.13 Å². The molecule has 1 saturated heterocycles. The molecule has 3 heterocycles. The Morgan fingerprint density at radius 1 is 1.42 bits per heavy atom. The van der Waals surface area contributed by atoms with Crippen LogP contribution in [0.5, 0.6) is 0 Å². The molecule has 2 aromatic heterocycles. The molecule has 0 spiro atoms. The smallest absolute Gasteiger partial charge is 0.273 e. The lowest BCUT2D eigenvalue weighted by Crippen LogP contribution is -2.37. The van der Waals surface area contributed by atoms with Gasteiger partial charge in [-0.3, -0.25) is 9.69 Å². The molecule has 0 saturated carbocycles. The zero-order valence-electron chi connectivity index (χ0n) is 14.8. The van der Waals surface area contributed by atoms with E-state index in [2.05, 4.69) is 28.6 Å². The molecule has 136 valence electrons.